The van der Waals surface area contributed by atoms with E-state index >= 15 is 4.79 Å². The Balaban J connectivity index is 1.62. The molecule has 0 amide bonds. The number of ether oxygens (including phenoxy) is 4. The van der Waals surface area contributed by atoms with Crippen molar-refractivity contribution < 1.29 is 48.3 Å². The number of Topliss-reactive ketones (excluding diaryl/α,β-unsaturated/α-hetero) is 1. The van der Waals surface area contributed by atoms with Gasteiger partial charge in [0.1, 0.15) is 23.4 Å². The highest BCUT2D eigenvalue weighted by atomic mass is 16.6. The second-order valence-corrected chi connectivity index (χ2v) is 17.4. The van der Waals surface area contributed by atoms with Crippen molar-refractivity contribution in [2.75, 3.05) is 6.61 Å². The van der Waals surface area contributed by atoms with E-state index in [1.54, 1.807) is 95.3 Å². The number of rotatable bonds is 7. The Labute approximate surface area is 322 Å². The molecule has 0 aromatic heterocycles. The molecular weight excluding hydrogens is 702 g/mol. The maximum absolute atomic E-state index is 15.6. The van der Waals surface area contributed by atoms with E-state index in [4.69, 9.17) is 24.7 Å². The van der Waals surface area contributed by atoms with Crippen LogP contribution in [0.3, 0.4) is 0 Å². The van der Waals surface area contributed by atoms with Crippen molar-refractivity contribution >= 4 is 23.7 Å². The minimum atomic E-state index is -2.19. The van der Waals surface area contributed by atoms with E-state index in [9.17, 15) is 24.6 Å². The van der Waals surface area contributed by atoms with Crippen LogP contribution in [0.15, 0.2) is 97.1 Å². The molecule has 1 saturated heterocycles. The Bertz CT molecular complexity index is 1990. The number of hydrogen-bond acceptors (Lipinski definition) is 11. The van der Waals surface area contributed by atoms with Crippen LogP contribution in [0.1, 0.15) is 83.8 Å². The number of allylic oxidation sites excluding steroid dienone is 1. The molecule has 0 spiro atoms. The van der Waals surface area contributed by atoms with Crippen LogP contribution in [0, 0.1) is 27.6 Å². The van der Waals surface area contributed by atoms with Crippen molar-refractivity contribution in [2.24, 2.45) is 33.3 Å². The molecule has 5 unspecified atom stereocenters. The third-order valence-electron chi connectivity index (χ3n) is 14.7. The van der Waals surface area contributed by atoms with Gasteiger partial charge in [0.25, 0.3) is 0 Å². The molecule has 1 aliphatic heterocycles. The van der Waals surface area contributed by atoms with Crippen LogP contribution in [-0.4, -0.2) is 75.6 Å². The summed E-state index contributed by atoms with van der Waals surface area (Å²) in [6, 6.07) is 15.6. The SMILES string of the molecule is C=C1C(=C)[C@@]2(C)C(=O)C(=C)[C@@]3(C)C(C)(C)C(C)(OC(=O)C(O)C(N)c4ccccc4)C[C@@](O)(C(OC(=O)c4ccccc4)C2[C@]2(OC(C)=O)CO[C@H]12)C3(C)C. The molecule has 0 radical (unpaired) electrons. The molecule has 2 aromatic rings. The molecule has 4 aliphatic rings. The lowest BCUT2D eigenvalue weighted by atomic mass is 9.32. The lowest BCUT2D eigenvalue weighted by Crippen LogP contribution is -2.83. The number of carbonyl (C=O) groups excluding carboxylic acids is 4. The molecule has 2 aromatic carbocycles. The molecule has 294 valence electrons. The quantitative estimate of drug-likeness (QED) is 0.189. The van der Waals surface area contributed by atoms with Crippen LogP contribution >= 0.6 is 0 Å². The number of ketones is 1. The van der Waals surface area contributed by atoms with Gasteiger partial charge in [-0.25, -0.2) is 9.59 Å². The number of fused-ring (bicyclic) bond motifs is 5. The van der Waals surface area contributed by atoms with Crippen molar-refractivity contribution in [3.05, 3.63) is 108 Å². The summed E-state index contributed by atoms with van der Waals surface area (Å²) in [6.07, 6.45) is -4.81. The fourth-order valence-corrected chi connectivity index (χ4v) is 10.5. The van der Waals surface area contributed by atoms with Crippen LogP contribution in [0.2, 0.25) is 0 Å². The smallest absolute Gasteiger partial charge is 0.338 e. The third-order valence-corrected chi connectivity index (χ3v) is 14.7. The largest absolute Gasteiger partial charge is 0.457 e. The number of nitrogens with two attached hydrogens (primary N) is 1. The fraction of sp³-hybridized carbons (Fsp3) is 0.500. The van der Waals surface area contributed by atoms with E-state index in [0.29, 0.717) is 11.1 Å². The second kappa shape index (κ2) is 12.8. The van der Waals surface area contributed by atoms with Crippen LogP contribution in [-0.2, 0) is 33.3 Å². The van der Waals surface area contributed by atoms with Gasteiger partial charge in [0.15, 0.2) is 17.5 Å². The average Bonchev–Trinajstić information content (AvgIpc) is 3.13. The molecule has 4 N–H and O–H groups in total. The van der Waals surface area contributed by atoms with Gasteiger partial charge in [-0.05, 0) is 48.3 Å². The van der Waals surface area contributed by atoms with E-state index in [1.165, 1.54) is 6.92 Å². The van der Waals surface area contributed by atoms with Gasteiger partial charge in [0, 0.05) is 29.6 Å². The Morgan fingerprint density at radius 2 is 1.44 bits per heavy atom. The Morgan fingerprint density at radius 3 is 1.96 bits per heavy atom. The molecule has 6 rings (SSSR count). The lowest BCUT2D eigenvalue weighted by molar-refractivity contribution is -0.343. The van der Waals surface area contributed by atoms with Gasteiger partial charge in [-0.3, -0.25) is 9.59 Å². The molecule has 3 aliphatic carbocycles. The first-order chi connectivity index (χ1) is 25.4. The summed E-state index contributed by atoms with van der Waals surface area (Å²) in [5.41, 5.74) is -3.64. The van der Waals surface area contributed by atoms with Gasteiger partial charge in [0.2, 0.25) is 0 Å². The van der Waals surface area contributed by atoms with Gasteiger partial charge in [-0.2, -0.15) is 0 Å². The molecule has 4 fully saturated rings. The summed E-state index contributed by atoms with van der Waals surface area (Å²) in [5.74, 6) is -4.39. The first-order valence-corrected chi connectivity index (χ1v) is 18.5. The Morgan fingerprint density at radius 1 is 0.873 bits per heavy atom. The van der Waals surface area contributed by atoms with Crippen LogP contribution in [0.25, 0.3) is 0 Å². The highest BCUT2D eigenvalue weighted by Crippen LogP contribution is 2.75. The number of esters is 3. The minimum absolute atomic E-state index is 0.0791. The molecule has 11 heteroatoms. The Kier molecular flexibility index (Phi) is 9.37. The van der Waals surface area contributed by atoms with Gasteiger partial charge >= 0.3 is 17.9 Å². The number of hydrogen-bond donors (Lipinski definition) is 3. The van der Waals surface area contributed by atoms with E-state index in [1.807, 2.05) is 13.8 Å². The zero-order valence-corrected chi connectivity index (χ0v) is 32.9. The molecule has 2 bridgehead atoms. The Hall–Kier alpha value is -4.42. The summed E-state index contributed by atoms with van der Waals surface area (Å²) in [4.78, 5) is 57.1. The predicted octanol–water partition coefficient (Wildman–Crippen LogP) is 5.36. The van der Waals surface area contributed by atoms with E-state index in [0.717, 1.165) is 0 Å². The molecule has 11 nitrogen and oxygen atoms in total. The van der Waals surface area contributed by atoms with Crippen LogP contribution < -0.4 is 5.73 Å². The maximum Gasteiger partial charge on any atom is 0.338 e. The normalized spacial score (nSPS) is 37.1. The van der Waals surface area contributed by atoms with Gasteiger partial charge in [-0.1, -0.05) is 103 Å². The van der Waals surface area contributed by atoms with Gasteiger partial charge < -0.3 is 34.9 Å². The minimum Gasteiger partial charge on any atom is -0.457 e. The fourth-order valence-electron chi connectivity index (χ4n) is 10.5. The maximum atomic E-state index is 15.6. The van der Waals surface area contributed by atoms with Gasteiger partial charge in [0.05, 0.1) is 29.5 Å². The number of benzene rings is 2. The summed E-state index contributed by atoms with van der Waals surface area (Å²) < 4.78 is 25.1. The highest BCUT2D eigenvalue weighted by molar-refractivity contribution is 6.04. The molecule has 55 heavy (non-hydrogen) atoms. The summed E-state index contributed by atoms with van der Waals surface area (Å²) in [5, 5.41) is 25.2. The van der Waals surface area contributed by atoms with Crippen molar-refractivity contribution in [3.8, 4) is 0 Å². The summed E-state index contributed by atoms with van der Waals surface area (Å²) in [7, 11) is 0. The van der Waals surface area contributed by atoms with Crippen LogP contribution in [0.5, 0.6) is 0 Å². The number of aliphatic hydroxyl groups is 2. The molecular formula is C44H53NO10. The first kappa shape index (κ1) is 40.2. The first-order valence-electron chi connectivity index (χ1n) is 18.5. The van der Waals surface area contributed by atoms with Crippen molar-refractivity contribution in [1.29, 1.82) is 0 Å². The van der Waals surface area contributed by atoms with Gasteiger partial charge in [-0.15, -0.1) is 0 Å². The van der Waals surface area contributed by atoms with Crippen molar-refractivity contribution in [3.63, 3.8) is 0 Å². The molecule has 3 saturated carbocycles. The zero-order chi connectivity index (χ0) is 40.9. The number of carbonyl (C=O) groups is 4. The standard InChI is InChI=1S/C44H53NO10/c1-24-25(2)41(10)32(43(54-27(4)46)23-52-34(24)43)35(53-36(49)29-20-16-13-17-21-29)44(51)22-40(9,38(5,6)42(11,39(44,7)8)26(3)33(41)48)55-37(50)31(47)30(45)28-18-14-12-15-19-28/h12-21,30-32,34-35,47,51H,1-3,22-23,45H2,4-11H3/t30?,31?,32?,34-,35?,40?,41-,42+,43-,44-/m1/s1. The van der Waals surface area contributed by atoms with Crippen LogP contribution in [0.4, 0.5) is 0 Å². The zero-order valence-electron chi connectivity index (χ0n) is 32.9. The lowest BCUT2D eigenvalue weighted by Gasteiger charge is -2.74. The van der Waals surface area contributed by atoms with E-state index in [-0.39, 0.29) is 29.7 Å². The predicted molar refractivity (Wildman–Crippen MR) is 203 cm³/mol. The molecule has 1 heterocycles. The third kappa shape index (κ3) is 5.15. The van der Waals surface area contributed by atoms with E-state index < -0.39 is 92.4 Å². The summed E-state index contributed by atoms with van der Waals surface area (Å²) >= 11 is 0. The topological polar surface area (TPSA) is 172 Å². The van der Waals surface area contributed by atoms with Crippen molar-refractivity contribution in [1.82, 2.24) is 0 Å². The average molecular weight is 756 g/mol. The highest BCUT2D eigenvalue weighted by Gasteiger charge is 2.82. The van der Waals surface area contributed by atoms with E-state index in [2.05, 4.69) is 19.7 Å². The monoisotopic (exact) mass is 755 g/mol. The summed E-state index contributed by atoms with van der Waals surface area (Å²) in [6.45, 7) is 26.2. The second-order valence-electron chi connectivity index (χ2n) is 17.4. The van der Waals surface area contributed by atoms with Crippen molar-refractivity contribution in [2.45, 2.75) is 103 Å². The number of aliphatic hydroxyl groups excluding tert-OH is 1. The molecule has 10 atom stereocenters.